The lowest BCUT2D eigenvalue weighted by Gasteiger charge is -2.41. The molecule has 2 heterocycles. The molecule has 2 amide bonds. The highest BCUT2D eigenvalue weighted by atomic mass is 35.5. The van der Waals surface area contributed by atoms with Gasteiger partial charge in [0.1, 0.15) is 22.7 Å². The third kappa shape index (κ3) is 4.60. The molecule has 9 heteroatoms. The van der Waals surface area contributed by atoms with Gasteiger partial charge in [-0.15, -0.1) is 0 Å². The molecule has 0 bridgehead atoms. The molecule has 2 aromatic rings. The molecule has 0 radical (unpaired) electrons. The van der Waals surface area contributed by atoms with Crippen LogP contribution in [0.5, 0.6) is 0 Å². The topological polar surface area (TPSA) is 98.2 Å². The number of rotatable bonds is 4. The number of benzene rings is 1. The number of hydrogen-bond acceptors (Lipinski definition) is 5. The predicted octanol–water partition coefficient (Wildman–Crippen LogP) is 4.38. The van der Waals surface area contributed by atoms with Gasteiger partial charge in [0.25, 0.3) is 5.91 Å². The molecule has 0 aliphatic carbocycles. The summed E-state index contributed by atoms with van der Waals surface area (Å²) >= 11 is 5.77. The van der Waals surface area contributed by atoms with Crippen molar-refractivity contribution in [2.45, 2.75) is 40.2 Å². The number of carbonyl (C=O) groups excluding carboxylic acids is 2. The first-order chi connectivity index (χ1) is 14.8. The first-order valence-corrected chi connectivity index (χ1v) is 10.6. The van der Waals surface area contributed by atoms with Crippen LogP contribution >= 0.6 is 11.6 Å². The molecule has 1 fully saturated rings. The predicted molar refractivity (Wildman–Crippen MR) is 123 cm³/mol. The van der Waals surface area contributed by atoms with E-state index in [1.54, 1.807) is 32.0 Å². The fourth-order valence-corrected chi connectivity index (χ4v) is 3.47. The minimum Gasteiger partial charge on any atom is -0.354 e. The zero-order chi connectivity index (χ0) is 23.8. The zero-order valence-electron chi connectivity index (χ0n) is 18.8. The summed E-state index contributed by atoms with van der Waals surface area (Å²) in [5.41, 5.74) is -0.0710. The molecule has 1 aromatic heterocycles. The fourth-order valence-electron chi connectivity index (χ4n) is 3.35. The first-order valence-electron chi connectivity index (χ1n) is 10.2. The third-order valence-electron chi connectivity index (χ3n) is 5.40. The number of aromatic nitrogens is 1. The van der Waals surface area contributed by atoms with E-state index in [0.29, 0.717) is 24.5 Å². The second kappa shape index (κ2) is 8.50. The van der Waals surface area contributed by atoms with Gasteiger partial charge in [-0.2, -0.15) is 0 Å². The van der Waals surface area contributed by atoms with Gasteiger partial charge in [-0.25, -0.2) is 9.37 Å². The van der Waals surface area contributed by atoms with Crippen LogP contribution in [0.3, 0.4) is 0 Å². The third-order valence-corrected chi connectivity index (χ3v) is 5.70. The minimum atomic E-state index is -1.02. The molecule has 3 rings (SSSR count). The van der Waals surface area contributed by atoms with E-state index in [0.717, 1.165) is 0 Å². The summed E-state index contributed by atoms with van der Waals surface area (Å²) < 4.78 is 13.9. The highest BCUT2D eigenvalue weighted by Crippen LogP contribution is 2.29. The lowest BCUT2D eigenvalue weighted by atomic mass is 9.87. The number of carbonyl (C=O) groups is 2. The largest absolute Gasteiger partial charge is 0.354 e. The molecular formula is C23H27ClFN5O2. The van der Waals surface area contributed by atoms with Crippen LogP contribution in [0.25, 0.3) is 0 Å². The van der Waals surface area contributed by atoms with E-state index in [9.17, 15) is 14.0 Å². The molecule has 32 heavy (non-hydrogen) atoms. The van der Waals surface area contributed by atoms with E-state index in [1.165, 1.54) is 17.0 Å². The Morgan fingerprint density at radius 2 is 1.97 bits per heavy atom. The van der Waals surface area contributed by atoms with Gasteiger partial charge in [-0.1, -0.05) is 32.4 Å². The zero-order valence-corrected chi connectivity index (χ0v) is 19.5. The normalized spacial score (nSPS) is 15.8. The number of piperazine rings is 1. The minimum absolute atomic E-state index is 0.00506. The Bertz CT molecular complexity index is 1090. The Morgan fingerprint density at radius 1 is 1.28 bits per heavy atom. The number of nitrogens with one attached hydrogen (secondary N) is 3. The molecule has 7 nitrogen and oxygen atoms in total. The van der Waals surface area contributed by atoms with Crippen molar-refractivity contribution in [1.82, 2.24) is 15.2 Å². The lowest BCUT2D eigenvalue weighted by molar-refractivity contribution is -0.133. The van der Waals surface area contributed by atoms with Crippen LogP contribution in [0.1, 0.15) is 50.8 Å². The number of hydrogen-bond donors (Lipinski definition) is 3. The van der Waals surface area contributed by atoms with Crippen molar-refractivity contribution in [1.29, 1.82) is 5.41 Å². The highest BCUT2D eigenvalue weighted by molar-refractivity contribution is 6.30. The van der Waals surface area contributed by atoms with Crippen molar-refractivity contribution in [3.63, 3.8) is 0 Å². The van der Waals surface area contributed by atoms with Crippen molar-refractivity contribution in [2.24, 2.45) is 5.41 Å². The maximum Gasteiger partial charge on any atom is 0.273 e. The van der Waals surface area contributed by atoms with Gasteiger partial charge in [0.05, 0.1) is 16.4 Å². The van der Waals surface area contributed by atoms with E-state index in [1.807, 2.05) is 20.8 Å². The van der Waals surface area contributed by atoms with E-state index in [2.05, 4.69) is 15.6 Å². The number of halogens is 2. The van der Waals surface area contributed by atoms with Crippen LogP contribution in [0.15, 0.2) is 30.3 Å². The molecule has 1 aliphatic heterocycles. The number of nitrogens with zero attached hydrogens (tertiary/aromatic N) is 2. The Balaban J connectivity index is 2.03. The molecule has 0 unspecified atom stereocenters. The molecule has 0 atom stereocenters. The van der Waals surface area contributed by atoms with Gasteiger partial charge in [0.15, 0.2) is 0 Å². The molecule has 1 aliphatic rings. The summed E-state index contributed by atoms with van der Waals surface area (Å²) in [7, 11) is 0. The monoisotopic (exact) mass is 459 g/mol. The first kappa shape index (κ1) is 23.7. The van der Waals surface area contributed by atoms with Crippen LogP contribution < -0.4 is 10.6 Å². The van der Waals surface area contributed by atoms with Gasteiger partial charge in [0.2, 0.25) is 5.91 Å². The molecular weight excluding hydrogens is 433 g/mol. The SMILES string of the molecule is CC(C)(C)C(=N)c1nc(C(=O)N2CCNC(=O)C2(C)C)ccc1Nc1ccc(Cl)c(F)c1. The number of amides is 2. The summed E-state index contributed by atoms with van der Waals surface area (Å²) in [6.07, 6.45) is 0. The van der Waals surface area contributed by atoms with Crippen LogP contribution in [0.2, 0.25) is 5.02 Å². The average molecular weight is 460 g/mol. The van der Waals surface area contributed by atoms with Crippen molar-refractivity contribution in [2.75, 3.05) is 18.4 Å². The molecule has 1 saturated heterocycles. The summed E-state index contributed by atoms with van der Waals surface area (Å²) in [4.78, 5) is 31.5. The second-order valence-electron chi connectivity index (χ2n) is 9.24. The smallest absolute Gasteiger partial charge is 0.273 e. The Hall–Kier alpha value is -3.00. The average Bonchev–Trinajstić information content (AvgIpc) is 2.71. The Kier molecular flexibility index (Phi) is 6.29. The molecule has 0 spiro atoms. The van der Waals surface area contributed by atoms with Gasteiger partial charge in [-0.05, 0) is 44.2 Å². The van der Waals surface area contributed by atoms with E-state index in [4.69, 9.17) is 17.0 Å². The second-order valence-corrected chi connectivity index (χ2v) is 9.65. The molecule has 3 N–H and O–H groups in total. The summed E-state index contributed by atoms with van der Waals surface area (Å²) in [5, 5.41) is 14.5. The molecule has 0 saturated carbocycles. The van der Waals surface area contributed by atoms with E-state index >= 15 is 0 Å². The van der Waals surface area contributed by atoms with Crippen LogP contribution in [0, 0.1) is 16.6 Å². The fraction of sp³-hybridized carbons (Fsp3) is 0.391. The standard InChI is InChI=1S/C23H27ClFN5O2/c1-22(2,3)19(26)18-16(28-13-6-7-14(24)15(25)12-13)8-9-17(29-18)20(31)30-11-10-27-21(32)23(30,4)5/h6-9,12,26,28H,10-11H2,1-5H3,(H,27,32). The maximum atomic E-state index is 13.9. The Labute approximate surface area is 191 Å². The van der Waals surface area contributed by atoms with E-state index in [-0.39, 0.29) is 28.0 Å². The van der Waals surface area contributed by atoms with Crippen molar-refractivity contribution >= 4 is 40.5 Å². The van der Waals surface area contributed by atoms with Gasteiger partial charge in [-0.3, -0.25) is 9.59 Å². The Morgan fingerprint density at radius 3 is 2.59 bits per heavy atom. The number of anilines is 2. The quantitative estimate of drug-likeness (QED) is 0.591. The maximum absolute atomic E-state index is 13.9. The number of pyridine rings is 1. The molecule has 1 aromatic carbocycles. The van der Waals surface area contributed by atoms with Gasteiger partial charge in [0, 0.05) is 24.2 Å². The van der Waals surface area contributed by atoms with Gasteiger partial charge < -0.3 is 20.9 Å². The van der Waals surface area contributed by atoms with Crippen molar-refractivity contribution in [3.05, 3.63) is 52.6 Å². The summed E-state index contributed by atoms with van der Waals surface area (Å²) in [6.45, 7) is 9.70. The summed E-state index contributed by atoms with van der Waals surface area (Å²) in [5.74, 6) is -1.20. The van der Waals surface area contributed by atoms with E-state index < -0.39 is 22.7 Å². The van der Waals surface area contributed by atoms with Crippen LogP contribution in [0.4, 0.5) is 15.8 Å². The summed E-state index contributed by atoms with van der Waals surface area (Å²) in [6, 6.07) is 7.48. The van der Waals surface area contributed by atoms with Gasteiger partial charge >= 0.3 is 0 Å². The van der Waals surface area contributed by atoms with Crippen molar-refractivity contribution in [3.8, 4) is 0 Å². The van der Waals surface area contributed by atoms with Crippen LogP contribution in [-0.2, 0) is 4.79 Å². The van der Waals surface area contributed by atoms with Crippen LogP contribution in [-0.4, -0.2) is 46.0 Å². The van der Waals surface area contributed by atoms with Crippen molar-refractivity contribution < 1.29 is 14.0 Å². The lowest BCUT2D eigenvalue weighted by Crippen LogP contribution is -2.63. The molecule has 170 valence electrons. The highest BCUT2D eigenvalue weighted by Gasteiger charge is 2.41.